The number of benzene rings is 1. The van der Waals surface area contributed by atoms with Crippen molar-refractivity contribution >= 4 is 21.9 Å². The van der Waals surface area contributed by atoms with Crippen molar-refractivity contribution in [3.63, 3.8) is 0 Å². The molecule has 0 saturated carbocycles. The molecule has 1 atom stereocenters. The van der Waals surface area contributed by atoms with Gasteiger partial charge in [-0.3, -0.25) is 5.32 Å². The Kier molecular flexibility index (Phi) is 5.47. The van der Waals surface area contributed by atoms with Crippen molar-refractivity contribution in [2.75, 3.05) is 19.8 Å². The van der Waals surface area contributed by atoms with Gasteiger partial charge in [0.1, 0.15) is 19.3 Å². The monoisotopic (exact) mass is 357 g/mol. The molecule has 0 amide bonds. The Hall–Kier alpha value is -1.27. The molecule has 1 aromatic carbocycles. The molecular formula is C15H20BrNO4. The summed E-state index contributed by atoms with van der Waals surface area (Å²) in [5.41, 5.74) is 0.790. The number of hydrogen-bond acceptors (Lipinski definition) is 5. The fourth-order valence-corrected chi connectivity index (χ4v) is 2.73. The van der Waals surface area contributed by atoms with E-state index in [0.29, 0.717) is 31.3 Å². The molecule has 21 heavy (non-hydrogen) atoms. The van der Waals surface area contributed by atoms with Gasteiger partial charge in [-0.25, -0.2) is 4.79 Å². The Morgan fingerprint density at radius 3 is 2.76 bits per heavy atom. The number of halogens is 1. The first-order valence-corrected chi connectivity index (χ1v) is 7.84. The largest absolute Gasteiger partial charge is 0.486 e. The smallest absolute Gasteiger partial charge is 0.327 e. The second-order valence-corrected chi connectivity index (χ2v) is 5.89. The Morgan fingerprint density at radius 2 is 2.10 bits per heavy atom. The summed E-state index contributed by atoms with van der Waals surface area (Å²) >= 11 is 3.47. The lowest BCUT2D eigenvalue weighted by Gasteiger charge is -2.24. The van der Waals surface area contributed by atoms with Gasteiger partial charge in [0.25, 0.3) is 0 Å². The molecule has 5 nitrogen and oxygen atoms in total. The highest BCUT2D eigenvalue weighted by atomic mass is 79.9. The Balaban J connectivity index is 2.35. The standard InChI is InChI=1S/C15H20BrNO4/c1-4-19-15(18)13(17-9(2)3)10-7-11(16)14-12(8-10)20-5-6-21-14/h7-9,13,17H,4-6H2,1-3H3. The van der Waals surface area contributed by atoms with E-state index >= 15 is 0 Å². The van der Waals surface area contributed by atoms with Crippen molar-refractivity contribution < 1.29 is 19.0 Å². The Labute approximate surface area is 133 Å². The fourth-order valence-electron chi connectivity index (χ4n) is 2.16. The van der Waals surface area contributed by atoms with Crippen LogP contribution >= 0.6 is 15.9 Å². The summed E-state index contributed by atoms with van der Waals surface area (Å²) in [6.07, 6.45) is 0. The van der Waals surface area contributed by atoms with Crippen molar-refractivity contribution in [3.05, 3.63) is 22.2 Å². The van der Waals surface area contributed by atoms with Crippen molar-refractivity contribution in [2.45, 2.75) is 32.9 Å². The zero-order valence-electron chi connectivity index (χ0n) is 12.4. The molecule has 0 saturated heterocycles. The normalized spacial score (nSPS) is 14.9. The summed E-state index contributed by atoms with van der Waals surface area (Å²) in [5.74, 6) is 1.03. The highest BCUT2D eigenvalue weighted by Crippen LogP contribution is 2.40. The van der Waals surface area contributed by atoms with Crippen LogP contribution in [-0.2, 0) is 9.53 Å². The third kappa shape index (κ3) is 3.89. The molecule has 0 aromatic heterocycles. The predicted molar refractivity (Wildman–Crippen MR) is 82.8 cm³/mol. The van der Waals surface area contributed by atoms with Crippen molar-refractivity contribution in [2.24, 2.45) is 0 Å². The average molecular weight is 358 g/mol. The van der Waals surface area contributed by atoms with Gasteiger partial charge < -0.3 is 14.2 Å². The minimum atomic E-state index is -0.530. The molecule has 1 unspecified atom stereocenters. The Morgan fingerprint density at radius 1 is 1.38 bits per heavy atom. The van der Waals surface area contributed by atoms with E-state index in [9.17, 15) is 4.79 Å². The molecule has 0 fully saturated rings. The average Bonchev–Trinajstić information content (AvgIpc) is 2.44. The lowest BCUT2D eigenvalue weighted by molar-refractivity contribution is -0.146. The van der Waals surface area contributed by atoms with Gasteiger partial charge in [0.15, 0.2) is 11.5 Å². The quantitative estimate of drug-likeness (QED) is 0.821. The van der Waals surface area contributed by atoms with Crippen LogP contribution in [-0.4, -0.2) is 31.8 Å². The van der Waals surface area contributed by atoms with Gasteiger partial charge >= 0.3 is 5.97 Å². The van der Waals surface area contributed by atoms with Crippen molar-refractivity contribution in [3.8, 4) is 11.5 Å². The molecule has 6 heteroatoms. The van der Waals surface area contributed by atoms with E-state index in [4.69, 9.17) is 14.2 Å². The van der Waals surface area contributed by atoms with Crippen LogP contribution in [0.15, 0.2) is 16.6 Å². The van der Waals surface area contributed by atoms with Gasteiger partial charge in [-0.2, -0.15) is 0 Å². The summed E-state index contributed by atoms with van der Waals surface area (Å²) in [5, 5.41) is 3.22. The van der Waals surface area contributed by atoms with Crippen LogP contribution in [0.5, 0.6) is 11.5 Å². The number of carbonyl (C=O) groups is 1. The van der Waals surface area contributed by atoms with Crippen LogP contribution in [0.3, 0.4) is 0 Å². The van der Waals surface area contributed by atoms with Crippen molar-refractivity contribution in [1.29, 1.82) is 0 Å². The highest BCUT2D eigenvalue weighted by molar-refractivity contribution is 9.10. The number of rotatable bonds is 5. The van der Waals surface area contributed by atoms with Gasteiger partial charge in [0.05, 0.1) is 11.1 Å². The molecule has 1 heterocycles. The summed E-state index contributed by atoms with van der Waals surface area (Å²) in [4.78, 5) is 12.2. The highest BCUT2D eigenvalue weighted by Gasteiger charge is 2.26. The molecule has 0 bridgehead atoms. The first-order chi connectivity index (χ1) is 10.0. The third-order valence-corrected chi connectivity index (χ3v) is 3.56. The predicted octanol–water partition coefficient (Wildman–Crippen LogP) is 2.82. The summed E-state index contributed by atoms with van der Waals surface area (Å²) < 4.78 is 17.1. The van der Waals surface area contributed by atoms with E-state index in [1.54, 1.807) is 6.92 Å². The van der Waals surface area contributed by atoms with Crippen LogP contribution in [0, 0.1) is 0 Å². The maximum atomic E-state index is 12.2. The number of carbonyl (C=O) groups excluding carboxylic acids is 1. The summed E-state index contributed by atoms with van der Waals surface area (Å²) in [6.45, 7) is 7.14. The second kappa shape index (κ2) is 7.13. The molecule has 1 aromatic rings. The maximum Gasteiger partial charge on any atom is 0.327 e. The lowest BCUT2D eigenvalue weighted by Crippen LogP contribution is -2.35. The first kappa shape index (κ1) is 16.1. The number of ether oxygens (including phenoxy) is 3. The van der Waals surface area contributed by atoms with Gasteiger partial charge in [-0.15, -0.1) is 0 Å². The second-order valence-electron chi connectivity index (χ2n) is 5.03. The number of hydrogen-bond donors (Lipinski definition) is 1. The fraction of sp³-hybridized carbons (Fsp3) is 0.533. The first-order valence-electron chi connectivity index (χ1n) is 7.04. The number of fused-ring (bicyclic) bond motifs is 1. The molecule has 1 aliphatic heterocycles. The minimum absolute atomic E-state index is 0.145. The molecule has 1 aliphatic rings. The van der Waals surface area contributed by atoms with Crippen LogP contribution < -0.4 is 14.8 Å². The van der Waals surface area contributed by atoms with Crippen LogP contribution in [0.4, 0.5) is 0 Å². The van der Waals surface area contributed by atoms with Gasteiger partial charge in [-0.05, 0) is 54.4 Å². The molecule has 1 N–H and O–H groups in total. The Bertz CT molecular complexity index is 519. The molecule has 0 spiro atoms. The van der Waals surface area contributed by atoms with E-state index in [1.165, 1.54) is 0 Å². The van der Waals surface area contributed by atoms with Crippen LogP contribution in [0.25, 0.3) is 0 Å². The van der Waals surface area contributed by atoms with Crippen LogP contribution in [0.2, 0.25) is 0 Å². The van der Waals surface area contributed by atoms with Crippen LogP contribution in [0.1, 0.15) is 32.4 Å². The zero-order valence-corrected chi connectivity index (χ0v) is 14.0. The molecule has 2 rings (SSSR count). The SMILES string of the molecule is CCOC(=O)C(NC(C)C)c1cc(Br)c2c(c1)OCCO2. The lowest BCUT2D eigenvalue weighted by atomic mass is 10.0. The van der Waals surface area contributed by atoms with E-state index < -0.39 is 6.04 Å². The molecule has 0 radical (unpaired) electrons. The van der Waals surface area contributed by atoms with Gasteiger partial charge in [0, 0.05) is 6.04 Å². The summed E-state index contributed by atoms with van der Waals surface area (Å²) in [7, 11) is 0. The molecule has 116 valence electrons. The zero-order chi connectivity index (χ0) is 15.4. The number of nitrogens with one attached hydrogen (secondary N) is 1. The van der Waals surface area contributed by atoms with E-state index in [2.05, 4.69) is 21.2 Å². The van der Waals surface area contributed by atoms with Gasteiger partial charge in [-0.1, -0.05) is 0 Å². The topological polar surface area (TPSA) is 56.8 Å². The molecular weight excluding hydrogens is 338 g/mol. The van der Waals surface area contributed by atoms with E-state index in [1.807, 2.05) is 26.0 Å². The number of esters is 1. The summed E-state index contributed by atoms with van der Waals surface area (Å²) in [6, 6.07) is 3.31. The third-order valence-electron chi connectivity index (χ3n) is 2.97. The minimum Gasteiger partial charge on any atom is -0.486 e. The molecule has 0 aliphatic carbocycles. The van der Waals surface area contributed by atoms with E-state index in [-0.39, 0.29) is 12.0 Å². The van der Waals surface area contributed by atoms with E-state index in [0.717, 1.165) is 10.0 Å². The van der Waals surface area contributed by atoms with Gasteiger partial charge in [0.2, 0.25) is 0 Å². The maximum absolute atomic E-state index is 12.2. The van der Waals surface area contributed by atoms with Crippen molar-refractivity contribution in [1.82, 2.24) is 5.32 Å².